The standard InChI is InChI=1S/C22H18Cl2N2O4S/c1-14-4-2-5-16(12-14)31(28,29)26-10-11-30-20-9-8-15(25-22(20)26)13-19(27)21-17(23)6-3-7-18(21)24/h2-9,12H,10-11,13H2,1H3. The number of aromatic nitrogens is 1. The molecule has 0 radical (unpaired) electrons. The molecule has 4 rings (SSSR count). The number of carbonyl (C=O) groups excluding carboxylic acids is 1. The van der Waals surface area contributed by atoms with Gasteiger partial charge in [-0.2, -0.15) is 0 Å². The molecule has 1 aliphatic heterocycles. The summed E-state index contributed by atoms with van der Waals surface area (Å²) in [6.07, 6.45) is -0.0882. The van der Waals surface area contributed by atoms with Gasteiger partial charge in [0, 0.05) is 0 Å². The average Bonchev–Trinajstić information content (AvgIpc) is 2.73. The molecule has 0 N–H and O–H groups in total. The summed E-state index contributed by atoms with van der Waals surface area (Å²) >= 11 is 12.3. The summed E-state index contributed by atoms with van der Waals surface area (Å²) in [5.41, 5.74) is 1.43. The smallest absolute Gasteiger partial charge is 0.265 e. The molecule has 0 spiro atoms. The van der Waals surface area contributed by atoms with Crippen molar-refractivity contribution in [3.8, 4) is 5.75 Å². The number of benzene rings is 2. The lowest BCUT2D eigenvalue weighted by molar-refractivity contribution is 0.0992. The topological polar surface area (TPSA) is 76.6 Å². The monoisotopic (exact) mass is 476 g/mol. The predicted molar refractivity (Wildman–Crippen MR) is 120 cm³/mol. The molecule has 6 nitrogen and oxygen atoms in total. The van der Waals surface area contributed by atoms with Crippen LogP contribution in [0.4, 0.5) is 5.82 Å². The van der Waals surface area contributed by atoms with Gasteiger partial charge in [0.2, 0.25) is 0 Å². The molecule has 31 heavy (non-hydrogen) atoms. The highest BCUT2D eigenvalue weighted by molar-refractivity contribution is 7.92. The van der Waals surface area contributed by atoms with Crippen LogP contribution in [0, 0.1) is 6.92 Å². The van der Waals surface area contributed by atoms with Gasteiger partial charge in [-0.15, -0.1) is 0 Å². The number of aryl methyl sites for hydroxylation is 1. The molecule has 3 aromatic rings. The van der Waals surface area contributed by atoms with Gasteiger partial charge in [-0.3, -0.25) is 4.79 Å². The lowest BCUT2D eigenvalue weighted by Gasteiger charge is -2.29. The summed E-state index contributed by atoms with van der Waals surface area (Å²) in [7, 11) is -3.85. The quantitative estimate of drug-likeness (QED) is 0.498. The van der Waals surface area contributed by atoms with Crippen molar-refractivity contribution in [3.05, 3.63) is 81.5 Å². The van der Waals surface area contributed by atoms with Crippen LogP contribution in [-0.2, 0) is 16.4 Å². The number of anilines is 1. The van der Waals surface area contributed by atoms with Crippen molar-refractivity contribution >= 4 is 44.8 Å². The molecule has 1 aromatic heterocycles. The molecule has 0 aliphatic carbocycles. The van der Waals surface area contributed by atoms with Gasteiger partial charge in [0.05, 0.1) is 39.2 Å². The molecule has 0 saturated heterocycles. The fourth-order valence-corrected chi connectivity index (χ4v) is 5.48. The zero-order valence-corrected chi connectivity index (χ0v) is 18.8. The average molecular weight is 477 g/mol. The van der Waals surface area contributed by atoms with Gasteiger partial charge in [0.1, 0.15) is 6.61 Å². The number of hydrogen-bond acceptors (Lipinski definition) is 5. The molecule has 2 heterocycles. The second-order valence-electron chi connectivity index (χ2n) is 7.06. The van der Waals surface area contributed by atoms with Gasteiger partial charge in [0.15, 0.2) is 17.4 Å². The number of Topliss-reactive ketones (excluding diaryl/α,β-unsaturated/α-hetero) is 1. The van der Waals surface area contributed by atoms with Crippen LogP contribution in [0.5, 0.6) is 5.75 Å². The Morgan fingerprint density at radius 1 is 1.10 bits per heavy atom. The number of fused-ring (bicyclic) bond motifs is 1. The normalized spacial score (nSPS) is 13.5. The van der Waals surface area contributed by atoms with E-state index in [1.54, 1.807) is 48.5 Å². The Morgan fingerprint density at radius 3 is 2.52 bits per heavy atom. The van der Waals surface area contributed by atoms with E-state index in [1.165, 1.54) is 4.31 Å². The summed E-state index contributed by atoms with van der Waals surface area (Å²) in [5, 5.41) is 0.505. The van der Waals surface area contributed by atoms with Crippen molar-refractivity contribution in [2.45, 2.75) is 18.2 Å². The third-order valence-electron chi connectivity index (χ3n) is 4.85. The Balaban J connectivity index is 1.69. The van der Waals surface area contributed by atoms with Crippen molar-refractivity contribution < 1.29 is 17.9 Å². The van der Waals surface area contributed by atoms with E-state index < -0.39 is 10.0 Å². The molecule has 9 heteroatoms. The van der Waals surface area contributed by atoms with E-state index in [0.717, 1.165) is 5.56 Å². The van der Waals surface area contributed by atoms with E-state index in [9.17, 15) is 13.2 Å². The maximum Gasteiger partial charge on any atom is 0.265 e. The third kappa shape index (κ3) is 4.26. The first kappa shape index (κ1) is 21.6. The molecule has 0 saturated carbocycles. The molecular weight excluding hydrogens is 459 g/mol. The Hall–Kier alpha value is -2.61. The molecule has 0 amide bonds. The molecule has 2 aromatic carbocycles. The number of carbonyl (C=O) groups is 1. The summed E-state index contributed by atoms with van der Waals surface area (Å²) < 4.78 is 33.4. The summed E-state index contributed by atoms with van der Waals surface area (Å²) in [5.74, 6) is 0.186. The van der Waals surface area contributed by atoms with Crippen molar-refractivity contribution in [3.63, 3.8) is 0 Å². The molecular formula is C22H18Cl2N2O4S. The molecule has 1 aliphatic rings. The van der Waals surface area contributed by atoms with E-state index >= 15 is 0 Å². The fraction of sp³-hybridized carbons (Fsp3) is 0.182. The van der Waals surface area contributed by atoms with Crippen LogP contribution in [0.15, 0.2) is 59.5 Å². The van der Waals surface area contributed by atoms with Crippen molar-refractivity contribution in [1.29, 1.82) is 0 Å². The Morgan fingerprint density at radius 2 is 1.81 bits per heavy atom. The number of sulfonamides is 1. The van der Waals surface area contributed by atoms with Gasteiger partial charge in [-0.1, -0.05) is 41.4 Å². The van der Waals surface area contributed by atoms with Crippen molar-refractivity contribution in [1.82, 2.24) is 4.98 Å². The van der Waals surface area contributed by atoms with E-state index in [2.05, 4.69) is 4.98 Å². The molecule has 160 valence electrons. The largest absolute Gasteiger partial charge is 0.488 e. The van der Waals surface area contributed by atoms with Gasteiger partial charge < -0.3 is 4.74 Å². The van der Waals surface area contributed by atoms with Crippen LogP contribution in [0.25, 0.3) is 0 Å². The van der Waals surface area contributed by atoms with Crippen LogP contribution in [0.3, 0.4) is 0 Å². The highest BCUT2D eigenvalue weighted by atomic mass is 35.5. The second-order valence-corrected chi connectivity index (χ2v) is 9.74. The minimum atomic E-state index is -3.85. The van der Waals surface area contributed by atoms with Crippen LogP contribution in [-0.4, -0.2) is 32.3 Å². The minimum absolute atomic E-state index is 0.0882. The second kappa shape index (κ2) is 8.49. The van der Waals surface area contributed by atoms with Crippen LogP contribution in [0.1, 0.15) is 21.6 Å². The van der Waals surface area contributed by atoms with Crippen LogP contribution < -0.4 is 9.04 Å². The van der Waals surface area contributed by atoms with E-state index in [1.807, 2.05) is 13.0 Å². The molecule has 0 atom stereocenters. The number of ketones is 1. The highest BCUT2D eigenvalue weighted by Crippen LogP contribution is 2.34. The van der Waals surface area contributed by atoms with Gasteiger partial charge in [0.25, 0.3) is 10.0 Å². The van der Waals surface area contributed by atoms with Gasteiger partial charge in [-0.25, -0.2) is 17.7 Å². The molecule has 0 unspecified atom stereocenters. The summed E-state index contributed by atoms with van der Waals surface area (Å²) in [4.78, 5) is 17.4. The van der Waals surface area contributed by atoms with Crippen LogP contribution >= 0.6 is 23.2 Å². The lowest BCUT2D eigenvalue weighted by atomic mass is 10.1. The number of pyridine rings is 1. The number of rotatable bonds is 5. The van der Waals surface area contributed by atoms with Crippen LogP contribution in [0.2, 0.25) is 10.0 Å². The predicted octanol–water partition coefficient (Wildman–Crippen LogP) is 4.71. The maximum atomic E-state index is 13.3. The molecule has 0 fully saturated rings. The van der Waals surface area contributed by atoms with Crippen molar-refractivity contribution in [2.75, 3.05) is 17.5 Å². The fourth-order valence-electron chi connectivity index (χ4n) is 3.36. The van der Waals surface area contributed by atoms with E-state index in [0.29, 0.717) is 11.4 Å². The van der Waals surface area contributed by atoms with Crippen molar-refractivity contribution in [2.24, 2.45) is 0 Å². The zero-order valence-electron chi connectivity index (χ0n) is 16.5. The van der Waals surface area contributed by atoms with E-state index in [-0.39, 0.29) is 51.7 Å². The highest BCUT2D eigenvalue weighted by Gasteiger charge is 2.32. The molecule has 0 bridgehead atoms. The number of hydrogen-bond donors (Lipinski definition) is 0. The summed E-state index contributed by atoms with van der Waals surface area (Å²) in [6, 6.07) is 14.8. The maximum absolute atomic E-state index is 13.3. The minimum Gasteiger partial charge on any atom is -0.488 e. The number of nitrogens with zero attached hydrogens (tertiary/aromatic N) is 2. The third-order valence-corrected chi connectivity index (χ3v) is 7.26. The van der Waals surface area contributed by atoms with Gasteiger partial charge >= 0.3 is 0 Å². The summed E-state index contributed by atoms with van der Waals surface area (Å²) in [6.45, 7) is 2.14. The lowest BCUT2D eigenvalue weighted by Crippen LogP contribution is -2.38. The Labute approximate surface area is 190 Å². The Bertz CT molecular complexity index is 1260. The first-order valence-electron chi connectivity index (χ1n) is 9.47. The van der Waals surface area contributed by atoms with Gasteiger partial charge in [-0.05, 0) is 48.9 Å². The first-order valence-corrected chi connectivity index (χ1v) is 11.7. The van der Waals surface area contributed by atoms with E-state index in [4.69, 9.17) is 27.9 Å². The number of ether oxygens (including phenoxy) is 1. The first-order chi connectivity index (χ1) is 14.8. The zero-order chi connectivity index (χ0) is 22.2. The Kier molecular flexibility index (Phi) is 5.92. The SMILES string of the molecule is Cc1cccc(S(=O)(=O)N2CCOc3ccc(CC(=O)c4c(Cl)cccc4Cl)nc32)c1. The number of halogens is 2.